The highest BCUT2D eigenvalue weighted by molar-refractivity contribution is 6.38. The van der Waals surface area contributed by atoms with Gasteiger partial charge < -0.3 is 13.7 Å². The summed E-state index contributed by atoms with van der Waals surface area (Å²) in [6, 6.07) is 158. The Bertz CT molecular complexity index is 8710. The molecule has 0 radical (unpaired) electrons. The van der Waals surface area contributed by atoms with E-state index in [1.165, 1.54) is 65.3 Å². The van der Waals surface area contributed by atoms with Gasteiger partial charge >= 0.3 is 0 Å². The van der Waals surface area contributed by atoms with Crippen molar-refractivity contribution in [3.05, 3.63) is 465 Å². The van der Waals surface area contributed by atoms with E-state index < -0.39 is 0 Å². The van der Waals surface area contributed by atoms with Crippen LogP contribution in [0.5, 0.6) is 0 Å². The van der Waals surface area contributed by atoms with Crippen LogP contribution in [0, 0.1) is 0 Å². The summed E-state index contributed by atoms with van der Waals surface area (Å²) in [6.07, 6.45) is 1.08. The third-order valence-electron chi connectivity index (χ3n) is 25.3. The summed E-state index contributed by atoms with van der Waals surface area (Å²) in [7, 11) is 0. The van der Waals surface area contributed by atoms with Crippen LogP contribution in [0.4, 0.5) is 0 Å². The zero-order chi connectivity index (χ0) is 85.4. The molecule has 0 amide bonds. The number of rotatable bonds is 11. The zero-order valence-electron chi connectivity index (χ0n) is 69.8. The molecule has 9 nitrogen and oxygen atoms in total. The summed E-state index contributed by atoms with van der Waals surface area (Å²) in [6.45, 7) is 0. The molecule has 26 rings (SSSR count). The van der Waals surface area contributed by atoms with E-state index in [0.717, 1.165) is 145 Å². The van der Waals surface area contributed by atoms with Crippen LogP contribution in [0.3, 0.4) is 0 Å². The maximum absolute atomic E-state index is 7.06. The van der Waals surface area contributed by atoms with Gasteiger partial charge in [-0.2, -0.15) is 0 Å². The van der Waals surface area contributed by atoms with E-state index in [-0.39, 0.29) is 0 Å². The number of nitrogens with zero attached hydrogens (tertiary/aromatic N) is 9. The van der Waals surface area contributed by atoms with E-state index in [1.807, 2.05) is 42.5 Å². The molecule has 5 aromatic heterocycles. The molecule has 604 valence electrons. The van der Waals surface area contributed by atoms with Gasteiger partial charge in [-0.1, -0.05) is 351 Å². The lowest BCUT2D eigenvalue weighted by atomic mass is 10.0. The SMILES string of the molecule is Clc1c(-c2nc(-c3ccc(-c4ccccc4)cc3)nc(-c3ccc4c(c3)c3ccccc3n4-c3ccccc3)n2)ccc2ccccc12.c1ccc(-c2ccc(-c3nc(-c4ccc5c(c4)c4ccccc4n5-c4ccccc4)nc(-c4ccc5ccccc5c4-n4c5ccccc5c5cc6ccccc6cc54)n3)cc2)cc1.c1ccc2c(c1)Cc1cc3ccccc3cc1-2. The molecule has 0 saturated heterocycles. The van der Waals surface area contributed by atoms with E-state index in [0.29, 0.717) is 40.0 Å². The van der Waals surface area contributed by atoms with Crippen LogP contribution in [0.15, 0.2) is 449 Å². The molecule has 5 heterocycles. The number of para-hydroxylation sites is 5. The standard InChI is InChI=1S/C59H37N5.C43H27ClN4.C17H12/c1-3-15-38(16-4-1)39-27-29-41(30-28-39)57-60-58(44-32-34-54-50(36-44)47-23-11-13-25-52(47)63(54)45-20-5-2-6-21-45)62-59(61-57)49-33-31-40-17-9-10-22-46(40)56(49)64-53-26-14-12-24-48(53)51-35-42-18-7-8-19-43(42)37-55(51)64;44-40-34-16-8-7-13-30(34)23-25-36(40)43-46-41(31-21-19-29(20-22-31)28-11-3-1-4-12-28)45-42(47-43)32-24-26-39-37(27-32)35-17-9-10-18-38(35)48(39)33-14-5-2-6-15-33;1-2-6-13-11-17-15(9-12(13)5-1)10-14-7-3-4-8-16(14)17/h1-37H;1-27H;1-9,11H,10H2. The van der Waals surface area contributed by atoms with Crippen molar-refractivity contribution in [2.24, 2.45) is 0 Å². The van der Waals surface area contributed by atoms with Gasteiger partial charge in [0, 0.05) is 87.8 Å². The largest absolute Gasteiger partial charge is 0.309 e. The van der Waals surface area contributed by atoms with Crippen LogP contribution in [-0.2, 0) is 6.42 Å². The van der Waals surface area contributed by atoms with Crippen molar-refractivity contribution < 1.29 is 0 Å². The Morgan fingerprint density at radius 3 is 1.04 bits per heavy atom. The topological polar surface area (TPSA) is 92.1 Å². The van der Waals surface area contributed by atoms with E-state index in [9.17, 15) is 0 Å². The van der Waals surface area contributed by atoms with Gasteiger partial charge in [0.2, 0.25) is 0 Å². The van der Waals surface area contributed by atoms with E-state index in [1.54, 1.807) is 0 Å². The number of hydrogen-bond donors (Lipinski definition) is 0. The van der Waals surface area contributed by atoms with Crippen LogP contribution in [0.1, 0.15) is 11.1 Å². The third kappa shape index (κ3) is 13.7. The lowest BCUT2D eigenvalue weighted by molar-refractivity contribution is 1.07. The maximum Gasteiger partial charge on any atom is 0.166 e. The highest BCUT2D eigenvalue weighted by atomic mass is 35.5. The Hall–Kier alpha value is -16.9. The smallest absolute Gasteiger partial charge is 0.166 e. The molecule has 0 aliphatic heterocycles. The maximum atomic E-state index is 7.06. The van der Waals surface area contributed by atoms with Gasteiger partial charge in [-0.25, -0.2) is 29.9 Å². The second-order valence-electron chi connectivity index (χ2n) is 32.9. The van der Waals surface area contributed by atoms with Crippen LogP contribution >= 0.6 is 11.6 Å². The van der Waals surface area contributed by atoms with E-state index >= 15 is 0 Å². The van der Waals surface area contributed by atoms with Crippen LogP contribution in [-0.4, -0.2) is 43.6 Å². The fourth-order valence-corrected chi connectivity index (χ4v) is 19.5. The predicted molar refractivity (Wildman–Crippen MR) is 536 cm³/mol. The molecule has 0 saturated carbocycles. The number of aromatic nitrogens is 9. The average Bonchev–Trinajstić information content (AvgIpc) is 1.58. The first kappa shape index (κ1) is 75.9. The Morgan fingerprint density at radius 1 is 0.178 bits per heavy atom. The Balaban J connectivity index is 0.000000124. The monoisotopic (exact) mass is 1670 g/mol. The summed E-state index contributed by atoms with van der Waals surface area (Å²) < 4.78 is 7.07. The molecule has 0 N–H and O–H groups in total. The second kappa shape index (κ2) is 32.0. The molecule has 129 heavy (non-hydrogen) atoms. The van der Waals surface area contributed by atoms with Crippen molar-refractivity contribution in [3.8, 4) is 119 Å². The first-order valence-corrected chi connectivity index (χ1v) is 44.0. The molecule has 0 bridgehead atoms. The Kier molecular flexibility index (Phi) is 18.8. The van der Waals surface area contributed by atoms with Crippen molar-refractivity contribution in [1.29, 1.82) is 0 Å². The number of halogens is 1. The third-order valence-corrected chi connectivity index (χ3v) is 25.7. The van der Waals surface area contributed by atoms with Gasteiger partial charge in [0.05, 0.1) is 43.8 Å². The number of fused-ring (bicyclic) bond motifs is 16. The summed E-state index contributed by atoms with van der Waals surface area (Å²) in [5.41, 5.74) is 25.7. The number of hydrogen-bond acceptors (Lipinski definition) is 6. The Morgan fingerprint density at radius 2 is 0.519 bits per heavy atom. The molecule has 0 unspecified atom stereocenters. The molecule has 0 fully saturated rings. The van der Waals surface area contributed by atoms with Gasteiger partial charge in [-0.05, 0) is 192 Å². The van der Waals surface area contributed by atoms with E-state index in [4.69, 9.17) is 41.5 Å². The van der Waals surface area contributed by atoms with Crippen LogP contribution < -0.4 is 0 Å². The molecule has 25 aromatic rings. The van der Waals surface area contributed by atoms with Crippen molar-refractivity contribution in [2.75, 3.05) is 0 Å². The summed E-state index contributed by atoms with van der Waals surface area (Å²) in [5.74, 6) is 3.53. The minimum absolute atomic E-state index is 0.532. The predicted octanol–water partition coefficient (Wildman–Crippen LogP) is 30.9. The van der Waals surface area contributed by atoms with E-state index in [2.05, 4.69) is 420 Å². The Labute approximate surface area is 748 Å². The van der Waals surface area contributed by atoms with Crippen molar-refractivity contribution in [1.82, 2.24) is 43.6 Å². The molecule has 0 atom stereocenters. The van der Waals surface area contributed by atoms with Crippen molar-refractivity contribution in [2.45, 2.75) is 6.42 Å². The summed E-state index contributed by atoms with van der Waals surface area (Å²) >= 11 is 7.06. The molecular weight excluding hydrogens is 1590 g/mol. The fourth-order valence-electron chi connectivity index (χ4n) is 19.1. The molecular formula is C119H76ClN9. The number of benzene rings is 20. The average molecular weight is 1670 g/mol. The van der Waals surface area contributed by atoms with Gasteiger partial charge in [0.15, 0.2) is 34.9 Å². The van der Waals surface area contributed by atoms with Gasteiger partial charge in [0.1, 0.15) is 0 Å². The van der Waals surface area contributed by atoms with Gasteiger partial charge in [0.25, 0.3) is 0 Å². The quantitative estimate of drug-likeness (QED) is 0.128. The molecule has 1 aliphatic rings. The van der Waals surface area contributed by atoms with Gasteiger partial charge in [-0.3, -0.25) is 0 Å². The lowest BCUT2D eigenvalue weighted by Gasteiger charge is -2.17. The lowest BCUT2D eigenvalue weighted by Crippen LogP contribution is -2.04. The molecule has 1 aliphatic carbocycles. The second-order valence-corrected chi connectivity index (χ2v) is 33.3. The minimum Gasteiger partial charge on any atom is -0.309 e. The van der Waals surface area contributed by atoms with Crippen LogP contribution in [0.25, 0.3) is 227 Å². The summed E-state index contributed by atoms with van der Waals surface area (Å²) in [5, 5.41) is 17.0. The minimum atomic E-state index is 0.532. The molecule has 0 spiro atoms. The van der Waals surface area contributed by atoms with Crippen molar-refractivity contribution >= 4 is 120 Å². The van der Waals surface area contributed by atoms with Crippen LogP contribution in [0.2, 0.25) is 5.02 Å². The van der Waals surface area contributed by atoms with Crippen molar-refractivity contribution in [3.63, 3.8) is 0 Å². The zero-order valence-corrected chi connectivity index (χ0v) is 70.6. The highest BCUT2D eigenvalue weighted by Crippen LogP contribution is 2.46. The summed E-state index contributed by atoms with van der Waals surface area (Å²) in [4.78, 5) is 31.3. The first-order valence-electron chi connectivity index (χ1n) is 43.6. The first-order chi connectivity index (χ1) is 63.9. The van der Waals surface area contributed by atoms with Gasteiger partial charge in [-0.15, -0.1) is 0 Å². The molecule has 10 heteroatoms. The highest BCUT2D eigenvalue weighted by Gasteiger charge is 2.26. The fraction of sp³-hybridized carbons (Fsp3) is 0.00840. The molecule has 20 aromatic carbocycles. The normalized spacial score (nSPS) is 11.7.